The molecule has 11 atom stereocenters. The van der Waals surface area contributed by atoms with Crippen molar-refractivity contribution < 1.29 is 106 Å². The van der Waals surface area contributed by atoms with Gasteiger partial charge in [-0.2, -0.15) is 0 Å². The van der Waals surface area contributed by atoms with E-state index in [-0.39, 0.29) is 89.2 Å². The second-order valence-electron chi connectivity index (χ2n) is 33.3. The molecule has 1 saturated heterocycles. The third-order valence-electron chi connectivity index (χ3n) is 16.4. The predicted molar refractivity (Wildman–Crippen MR) is 417 cm³/mol. The van der Waals surface area contributed by atoms with Crippen LogP contribution in [0.5, 0.6) is 0 Å². The summed E-state index contributed by atoms with van der Waals surface area (Å²) in [5, 5.41) is 58.7. The number of ketones is 1. The molecule has 1 aromatic carbocycles. The van der Waals surface area contributed by atoms with Gasteiger partial charge in [-0.1, -0.05) is 57.5 Å². The number of Topliss-reactive ketones (excluding diaryl/α,β-unsaturated/α-hetero) is 1. The summed E-state index contributed by atoms with van der Waals surface area (Å²) in [5.74, 6) is -11.0. The molecule has 2 rings (SSSR count). The van der Waals surface area contributed by atoms with Crippen LogP contribution in [0.2, 0.25) is 0 Å². The highest BCUT2D eigenvalue weighted by Crippen LogP contribution is 2.20. The van der Waals surface area contributed by atoms with Gasteiger partial charge in [0.2, 0.25) is 53.2 Å². The number of alkyl carbamates (subject to hydrolysis) is 5. The van der Waals surface area contributed by atoms with Crippen LogP contribution in [0.25, 0.3) is 0 Å². The normalized spacial score (nSPS) is 20.0. The van der Waals surface area contributed by atoms with E-state index in [4.69, 9.17) is 23.7 Å². The van der Waals surface area contributed by atoms with Gasteiger partial charge < -0.3 is 108 Å². The van der Waals surface area contributed by atoms with Crippen LogP contribution in [-0.4, -0.2) is 227 Å². The van der Waals surface area contributed by atoms with Gasteiger partial charge in [0.1, 0.15) is 82.1 Å². The molecule has 36 heteroatoms. The number of rotatable bonds is 32. The number of amides is 14. The van der Waals surface area contributed by atoms with E-state index >= 15 is 19.2 Å². The van der Waals surface area contributed by atoms with Gasteiger partial charge in [-0.3, -0.25) is 47.9 Å². The van der Waals surface area contributed by atoms with E-state index in [1.54, 1.807) is 155 Å². The van der Waals surface area contributed by atoms with Crippen molar-refractivity contribution in [2.75, 3.05) is 39.3 Å². The number of nitrogens with one attached hydrogen (secondary N) is 14. The lowest BCUT2D eigenvalue weighted by atomic mass is 9.92. The number of aliphatic hydroxyl groups is 2. The van der Waals surface area contributed by atoms with Crippen molar-refractivity contribution in [1.82, 2.24) is 74.4 Å². The summed E-state index contributed by atoms with van der Waals surface area (Å²) in [4.78, 5) is 211. The SMILES string of the molecule is CC[C@@H](O)[C@H](CCCCC(=O)CCCNC(=O)OC(C)(C)C)C(=O)N[C@@H](CCNC(=O)OC(C)(C)C)C(=O)N[C@H]1CCNC(=O)[C@H]([C@@H](C)O)NC(=O)[C@H](CCNC(=O)OC(C)(C)C)NC(=O)[C@H](CCNC(=O)OC(C)(C)C)NC(=O)[C@H](CC(C)C)NC(=O)[C@@H](Cc2ccccc2)NC(=O)[C@H](CCNC(=O)OC(C)(C)C)NC1=O. The highest BCUT2D eigenvalue weighted by Gasteiger charge is 2.39. The van der Waals surface area contributed by atoms with Crippen LogP contribution in [-0.2, 0) is 78.1 Å². The average Bonchev–Trinajstić information content (AvgIpc) is 1.44. The molecule has 0 saturated carbocycles. The van der Waals surface area contributed by atoms with Crippen LogP contribution >= 0.6 is 0 Å². The molecule has 113 heavy (non-hydrogen) atoms. The van der Waals surface area contributed by atoms with E-state index in [1.807, 2.05) is 0 Å². The van der Waals surface area contributed by atoms with E-state index in [0.717, 1.165) is 6.92 Å². The molecule has 640 valence electrons. The third-order valence-corrected chi connectivity index (χ3v) is 16.4. The first-order chi connectivity index (χ1) is 52.3. The number of ether oxygens (including phenoxy) is 5. The molecular formula is C77H130N14O22. The minimum Gasteiger partial charge on any atom is -0.444 e. The van der Waals surface area contributed by atoms with Crippen molar-refractivity contribution in [2.24, 2.45) is 11.8 Å². The molecule has 14 amide bonds. The Balaban J connectivity index is 3.01. The van der Waals surface area contributed by atoms with Crippen molar-refractivity contribution >= 4 is 89.4 Å². The molecule has 1 aliphatic heterocycles. The maximum Gasteiger partial charge on any atom is 0.407 e. The zero-order valence-electron chi connectivity index (χ0n) is 69.5. The minimum absolute atomic E-state index is 0.0170. The van der Waals surface area contributed by atoms with Gasteiger partial charge in [0, 0.05) is 58.5 Å². The van der Waals surface area contributed by atoms with Gasteiger partial charge in [-0.25, -0.2) is 24.0 Å². The zero-order valence-corrected chi connectivity index (χ0v) is 69.5. The molecule has 0 spiro atoms. The van der Waals surface area contributed by atoms with Gasteiger partial charge in [-0.05, 0) is 186 Å². The first-order valence-corrected chi connectivity index (χ1v) is 38.8. The van der Waals surface area contributed by atoms with Crippen molar-refractivity contribution in [3.63, 3.8) is 0 Å². The van der Waals surface area contributed by atoms with E-state index in [9.17, 15) is 63.0 Å². The second-order valence-corrected chi connectivity index (χ2v) is 33.3. The highest BCUT2D eigenvalue weighted by molar-refractivity contribution is 5.99. The molecule has 1 heterocycles. The molecule has 0 unspecified atom stereocenters. The van der Waals surface area contributed by atoms with Crippen LogP contribution < -0.4 is 74.4 Å². The molecule has 0 bridgehead atoms. The van der Waals surface area contributed by atoms with Crippen LogP contribution in [0.15, 0.2) is 30.3 Å². The van der Waals surface area contributed by atoms with Crippen LogP contribution in [0.1, 0.15) is 221 Å². The van der Waals surface area contributed by atoms with Gasteiger partial charge in [0.15, 0.2) is 0 Å². The van der Waals surface area contributed by atoms with E-state index < -0.39 is 217 Å². The number of unbranched alkanes of at least 4 members (excludes halogenated alkanes) is 1. The van der Waals surface area contributed by atoms with Gasteiger partial charge in [0.25, 0.3) is 0 Å². The summed E-state index contributed by atoms with van der Waals surface area (Å²) < 4.78 is 26.9. The van der Waals surface area contributed by atoms with Crippen molar-refractivity contribution in [3.8, 4) is 0 Å². The molecule has 1 aliphatic rings. The van der Waals surface area contributed by atoms with Gasteiger partial charge >= 0.3 is 30.5 Å². The van der Waals surface area contributed by atoms with Crippen molar-refractivity contribution in [1.29, 1.82) is 0 Å². The summed E-state index contributed by atoms with van der Waals surface area (Å²) >= 11 is 0. The van der Waals surface area contributed by atoms with Crippen molar-refractivity contribution in [3.05, 3.63) is 35.9 Å². The fraction of sp³-hybridized carbons (Fsp3) is 0.727. The fourth-order valence-corrected chi connectivity index (χ4v) is 11.0. The number of carbonyl (C=O) groups excluding carboxylic acids is 15. The average molecular weight is 1600 g/mol. The topological polar surface area (TPSA) is 511 Å². The highest BCUT2D eigenvalue weighted by atomic mass is 16.6. The Morgan fingerprint density at radius 3 is 1.28 bits per heavy atom. The van der Waals surface area contributed by atoms with E-state index in [0.29, 0.717) is 18.4 Å². The largest absolute Gasteiger partial charge is 0.444 e. The Kier molecular flexibility index (Phi) is 42.1. The van der Waals surface area contributed by atoms with Crippen LogP contribution in [0.3, 0.4) is 0 Å². The molecule has 16 N–H and O–H groups in total. The quantitative estimate of drug-likeness (QED) is 0.0362. The smallest absolute Gasteiger partial charge is 0.407 e. The molecule has 36 nitrogen and oxygen atoms in total. The molecule has 0 radical (unpaired) electrons. The summed E-state index contributed by atoms with van der Waals surface area (Å²) in [7, 11) is 0. The number of hydrogen-bond acceptors (Lipinski definition) is 22. The number of carbonyl (C=O) groups is 15. The summed E-state index contributed by atoms with van der Waals surface area (Å²) in [6.07, 6.45) is -8.73. The maximum atomic E-state index is 15.3. The lowest BCUT2D eigenvalue weighted by Crippen LogP contribution is -2.61. The Morgan fingerprint density at radius 2 is 0.850 bits per heavy atom. The molecule has 0 aromatic heterocycles. The number of hydrogen-bond donors (Lipinski definition) is 16. The van der Waals surface area contributed by atoms with E-state index in [2.05, 4.69) is 74.4 Å². The minimum atomic E-state index is -1.88. The monoisotopic (exact) mass is 1600 g/mol. The number of aliphatic hydroxyl groups excluding tert-OH is 2. The number of benzene rings is 1. The molecular weight excluding hydrogens is 1470 g/mol. The van der Waals surface area contributed by atoms with Crippen LogP contribution in [0, 0.1) is 11.8 Å². The van der Waals surface area contributed by atoms with Crippen molar-refractivity contribution in [2.45, 2.75) is 310 Å². The van der Waals surface area contributed by atoms with Crippen LogP contribution in [0.4, 0.5) is 24.0 Å². The maximum absolute atomic E-state index is 15.3. The lowest BCUT2D eigenvalue weighted by Gasteiger charge is -2.29. The Hall–Kier alpha value is -9.61. The van der Waals surface area contributed by atoms with Gasteiger partial charge in [0.05, 0.1) is 18.1 Å². The standard InChI is InChI=1S/C77H130N14O22/c1-20-57(94)49(31-25-24-29-48(93)30-26-37-79-68(104)109-73(5,6)7)59(95)84-50(33-39-80-69(105)110-74(8,9)10)60(96)85-51-32-38-78-67(103)58(46(4)92)91-64(100)54(36-42-83-72(108)113-77(17,18)19)87-62(98)52(34-40-81-70(106)111-75(11,12)13)88-65(101)55(43-45(2)3)89-66(102)56(44-47-27-22-21-23-28-47)90-63(99)53(86-61(51)97)35-41-82-71(107)112-76(14,15)16/h21-23,27-28,45-46,49-58,92,94H,20,24-26,29-44H2,1-19H3,(H,78,103)(H,79,104)(H,80,105)(H,81,106)(H,82,107)(H,83,108)(H,84,95)(H,85,96)(H,86,97)(H,87,98)(H,88,101)(H,89,102)(H,90,99)(H,91,100)/t46-,49+,50+,51+,52+,53+,54+,55+,56-,57-,58+/m1/s1. The predicted octanol–water partition coefficient (Wildman–Crippen LogP) is 3.53. The summed E-state index contributed by atoms with van der Waals surface area (Å²) in [5.41, 5.74) is -4.14. The lowest BCUT2D eigenvalue weighted by molar-refractivity contribution is -0.136. The Morgan fingerprint density at radius 1 is 0.460 bits per heavy atom. The Bertz CT molecular complexity index is 3310. The Labute approximate surface area is 664 Å². The van der Waals surface area contributed by atoms with E-state index in [1.165, 1.54) is 0 Å². The molecule has 0 aliphatic carbocycles. The van der Waals surface area contributed by atoms with Gasteiger partial charge in [-0.15, -0.1) is 0 Å². The summed E-state index contributed by atoms with van der Waals surface area (Å²) in [6.45, 7) is 28.8. The zero-order chi connectivity index (χ0) is 85.8. The first kappa shape index (κ1) is 99.5. The second kappa shape index (κ2) is 47.8. The molecule has 1 aromatic rings. The summed E-state index contributed by atoms with van der Waals surface area (Å²) in [6, 6.07) is -5.25. The third kappa shape index (κ3) is 43.9. The first-order valence-electron chi connectivity index (χ1n) is 38.8. The fourth-order valence-electron chi connectivity index (χ4n) is 11.0. The molecule has 1 fully saturated rings.